The minimum Gasteiger partial charge on any atom is -0.0946 e. The molecule has 0 spiro atoms. The molecule has 0 aliphatic carbocycles. The van der Waals surface area contributed by atoms with E-state index in [2.05, 4.69) is 6.58 Å². The SMILES string of the molecule is C=C(C)/C(Cl)=C\C.CC. The molecular formula is C8H15Cl. The van der Waals surface area contributed by atoms with E-state index in [0.717, 1.165) is 10.6 Å². The Morgan fingerprint density at radius 3 is 1.78 bits per heavy atom. The molecule has 54 valence electrons. The lowest BCUT2D eigenvalue weighted by Crippen LogP contribution is -1.67. The van der Waals surface area contributed by atoms with E-state index in [-0.39, 0.29) is 0 Å². The molecule has 0 aromatic carbocycles. The maximum absolute atomic E-state index is 5.56. The molecular weight excluding hydrogens is 132 g/mol. The molecule has 1 heteroatoms. The summed E-state index contributed by atoms with van der Waals surface area (Å²) in [6.45, 7) is 11.4. The Labute approximate surface area is 63.2 Å². The van der Waals surface area contributed by atoms with Gasteiger partial charge in [-0.1, -0.05) is 38.1 Å². The predicted molar refractivity (Wildman–Crippen MR) is 45.8 cm³/mol. The van der Waals surface area contributed by atoms with E-state index in [1.165, 1.54) is 0 Å². The molecule has 0 rings (SSSR count). The molecule has 0 unspecified atom stereocenters. The molecule has 0 bridgehead atoms. The van der Waals surface area contributed by atoms with Crippen LogP contribution in [-0.2, 0) is 0 Å². The quantitative estimate of drug-likeness (QED) is 0.495. The van der Waals surface area contributed by atoms with Gasteiger partial charge in [0.05, 0.1) is 0 Å². The fourth-order valence-corrected chi connectivity index (χ4v) is 0.246. The summed E-state index contributed by atoms with van der Waals surface area (Å²) in [5.74, 6) is 0. The van der Waals surface area contributed by atoms with E-state index in [0.29, 0.717) is 0 Å². The van der Waals surface area contributed by atoms with Gasteiger partial charge in [0, 0.05) is 5.03 Å². The molecule has 0 aromatic heterocycles. The summed E-state index contributed by atoms with van der Waals surface area (Å²) in [5, 5.41) is 0.750. The van der Waals surface area contributed by atoms with Gasteiger partial charge in [0.15, 0.2) is 0 Å². The van der Waals surface area contributed by atoms with Crippen molar-refractivity contribution in [3.63, 3.8) is 0 Å². The average molecular weight is 147 g/mol. The summed E-state index contributed by atoms with van der Waals surface area (Å²) < 4.78 is 0. The standard InChI is InChI=1S/C6H9Cl.C2H6/c1-4-6(7)5(2)3;1-2/h4H,2H2,1,3H3;1-2H3/b6-4+;. The third-order valence-electron chi connectivity index (χ3n) is 0.661. The smallest absolute Gasteiger partial charge is 0.0386 e. The molecule has 0 N–H and O–H groups in total. The topological polar surface area (TPSA) is 0 Å². The lowest BCUT2D eigenvalue weighted by atomic mass is 10.3. The van der Waals surface area contributed by atoms with Crippen molar-refractivity contribution in [2.45, 2.75) is 27.7 Å². The number of halogens is 1. The Hall–Kier alpha value is -0.230. The second-order valence-electron chi connectivity index (χ2n) is 1.42. The number of rotatable bonds is 1. The van der Waals surface area contributed by atoms with Gasteiger partial charge in [0.25, 0.3) is 0 Å². The summed E-state index contributed by atoms with van der Waals surface area (Å²) in [6, 6.07) is 0. The van der Waals surface area contributed by atoms with Crippen molar-refractivity contribution in [1.29, 1.82) is 0 Å². The Kier molecular flexibility index (Phi) is 9.97. The second-order valence-corrected chi connectivity index (χ2v) is 1.82. The van der Waals surface area contributed by atoms with E-state index in [1.54, 1.807) is 0 Å². The molecule has 9 heavy (non-hydrogen) atoms. The van der Waals surface area contributed by atoms with Crippen LogP contribution in [0, 0.1) is 0 Å². The zero-order valence-electron chi connectivity index (χ0n) is 6.66. The largest absolute Gasteiger partial charge is 0.0946 e. The van der Waals surface area contributed by atoms with Crippen molar-refractivity contribution in [1.82, 2.24) is 0 Å². The van der Waals surface area contributed by atoms with Crippen LogP contribution in [0.15, 0.2) is 23.3 Å². The highest BCUT2D eigenvalue weighted by Crippen LogP contribution is 2.09. The van der Waals surface area contributed by atoms with E-state index in [4.69, 9.17) is 11.6 Å². The zero-order valence-corrected chi connectivity index (χ0v) is 7.42. The van der Waals surface area contributed by atoms with Crippen molar-refractivity contribution in [3.8, 4) is 0 Å². The van der Waals surface area contributed by atoms with Gasteiger partial charge in [0.1, 0.15) is 0 Å². The number of hydrogen-bond acceptors (Lipinski definition) is 0. The normalized spacial score (nSPS) is 9.67. The van der Waals surface area contributed by atoms with E-state index < -0.39 is 0 Å². The predicted octanol–water partition coefficient (Wildman–Crippen LogP) is 3.73. The van der Waals surface area contributed by atoms with Crippen LogP contribution in [0.3, 0.4) is 0 Å². The molecule has 0 aliphatic heterocycles. The van der Waals surface area contributed by atoms with E-state index in [1.807, 2.05) is 33.8 Å². The van der Waals surface area contributed by atoms with Gasteiger partial charge in [-0.25, -0.2) is 0 Å². The first-order valence-electron chi connectivity index (χ1n) is 3.16. The Morgan fingerprint density at radius 2 is 1.78 bits per heavy atom. The molecule has 0 atom stereocenters. The summed E-state index contributed by atoms with van der Waals surface area (Å²) in [4.78, 5) is 0. The maximum atomic E-state index is 5.56. The fourth-order valence-electron chi connectivity index (χ4n) is 0.246. The first kappa shape index (κ1) is 11.6. The second kappa shape index (κ2) is 7.77. The molecule has 0 heterocycles. The third-order valence-corrected chi connectivity index (χ3v) is 1.20. The van der Waals surface area contributed by atoms with Crippen molar-refractivity contribution in [2.24, 2.45) is 0 Å². The summed E-state index contributed by atoms with van der Waals surface area (Å²) in [7, 11) is 0. The number of hydrogen-bond donors (Lipinski definition) is 0. The van der Waals surface area contributed by atoms with Gasteiger partial charge in [-0.3, -0.25) is 0 Å². The van der Waals surface area contributed by atoms with Crippen LogP contribution in [0.25, 0.3) is 0 Å². The summed E-state index contributed by atoms with van der Waals surface area (Å²) in [5.41, 5.74) is 0.921. The minimum absolute atomic E-state index is 0.750. The molecule has 0 amide bonds. The van der Waals surface area contributed by atoms with Crippen LogP contribution in [0.5, 0.6) is 0 Å². The van der Waals surface area contributed by atoms with Gasteiger partial charge in [-0.05, 0) is 19.4 Å². The monoisotopic (exact) mass is 146 g/mol. The van der Waals surface area contributed by atoms with Crippen LogP contribution in [0.1, 0.15) is 27.7 Å². The Balaban J connectivity index is 0. The maximum Gasteiger partial charge on any atom is 0.0386 e. The van der Waals surface area contributed by atoms with Gasteiger partial charge in [-0.15, -0.1) is 0 Å². The lowest BCUT2D eigenvalue weighted by Gasteiger charge is -1.88. The summed E-state index contributed by atoms with van der Waals surface area (Å²) >= 11 is 5.56. The van der Waals surface area contributed by atoms with Crippen LogP contribution >= 0.6 is 11.6 Å². The zero-order chi connectivity index (χ0) is 7.86. The lowest BCUT2D eigenvalue weighted by molar-refractivity contribution is 1.50. The van der Waals surface area contributed by atoms with Gasteiger partial charge < -0.3 is 0 Å². The van der Waals surface area contributed by atoms with Crippen LogP contribution in [-0.4, -0.2) is 0 Å². The summed E-state index contributed by atoms with van der Waals surface area (Å²) in [6.07, 6.45) is 1.82. The highest BCUT2D eigenvalue weighted by Gasteiger charge is 1.84. The first-order chi connectivity index (χ1) is 4.18. The molecule has 0 aliphatic rings. The third kappa shape index (κ3) is 7.77. The molecule has 0 nitrogen and oxygen atoms in total. The van der Waals surface area contributed by atoms with Crippen molar-refractivity contribution in [2.75, 3.05) is 0 Å². The van der Waals surface area contributed by atoms with Crippen molar-refractivity contribution < 1.29 is 0 Å². The minimum atomic E-state index is 0.750. The van der Waals surface area contributed by atoms with Crippen molar-refractivity contribution >= 4 is 11.6 Å². The Morgan fingerprint density at radius 1 is 1.44 bits per heavy atom. The highest BCUT2D eigenvalue weighted by atomic mass is 35.5. The molecule has 0 aromatic rings. The fraction of sp³-hybridized carbons (Fsp3) is 0.500. The molecule has 0 fully saturated rings. The van der Waals surface area contributed by atoms with Gasteiger partial charge in [-0.2, -0.15) is 0 Å². The molecule has 0 saturated heterocycles. The highest BCUT2D eigenvalue weighted by molar-refractivity contribution is 6.31. The van der Waals surface area contributed by atoms with Crippen molar-refractivity contribution in [3.05, 3.63) is 23.3 Å². The molecule has 0 saturated carbocycles. The van der Waals surface area contributed by atoms with Crippen LogP contribution in [0.4, 0.5) is 0 Å². The van der Waals surface area contributed by atoms with Gasteiger partial charge >= 0.3 is 0 Å². The molecule has 0 radical (unpaired) electrons. The van der Waals surface area contributed by atoms with Crippen LogP contribution < -0.4 is 0 Å². The van der Waals surface area contributed by atoms with Crippen LogP contribution in [0.2, 0.25) is 0 Å². The first-order valence-corrected chi connectivity index (χ1v) is 3.54. The van der Waals surface area contributed by atoms with Gasteiger partial charge in [0.2, 0.25) is 0 Å². The number of allylic oxidation sites excluding steroid dienone is 3. The van der Waals surface area contributed by atoms with E-state index >= 15 is 0 Å². The Bertz CT molecular complexity index is 101. The van der Waals surface area contributed by atoms with E-state index in [9.17, 15) is 0 Å². The average Bonchev–Trinajstić information content (AvgIpc) is 1.91.